The second-order valence-corrected chi connectivity index (χ2v) is 7.38. The smallest absolute Gasteiger partial charge is 0.341 e. The molecule has 8 heteroatoms. The Morgan fingerprint density at radius 1 is 1.23 bits per heavy atom. The van der Waals surface area contributed by atoms with Gasteiger partial charge in [-0.05, 0) is 62.7 Å². The largest absolute Gasteiger partial charge is 0.496 e. The molecule has 2 N–H and O–H groups in total. The van der Waals surface area contributed by atoms with Gasteiger partial charge in [-0.15, -0.1) is 0 Å². The van der Waals surface area contributed by atoms with E-state index in [-0.39, 0.29) is 6.04 Å². The summed E-state index contributed by atoms with van der Waals surface area (Å²) in [4.78, 5) is 19.2. The molecule has 31 heavy (non-hydrogen) atoms. The zero-order valence-electron chi connectivity index (χ0n) is 18.5. The average molecular weight is 429 g/mol. The maximum atomic E-state index is 12.0. The van der Waals surface area contributed by atoms with Gasteiger partial charge in [0.15, 0.2) is 5.96 Å². The molecule has 1 aliphatic heterocycles. The Morgan fingerprint density at radius 2 is 2.03 bits per heavy atom. The van der Waals surface area contributed by atoms with Crippen LogP contribution in [-0.2, 0) is 11.3 Å². The Kier molecular flexibility index (Phi) is 8.35. The molecule has 0 aliphatic carbocycles. The number of carbonyl (C=O) groups is 1. The molecule has 1 fully saturated rings. The van der Waals surface area contributed by atoms with Crippen molar-refractivity contribution in [1.29, 1.82) is 0 Å². The molecule has 1 aliphatic rings. The fraction of sp³-hybridized carbons (Fsp3) is 0.478. The molecule has 0 bridgehead atoms. The average Bonchev–Trinajstić information content (AvgIpc) is 3.52. The van der Waals surface area contributed by atoms with Gasteiger partial charge < -0.3 is 24.5 Å². The first-order chi connectivity index (χ1) is 15.2. The molecule has 8 nitrogen and oxygen atoms in total. The van der Waals surface area contributed by atoms with Crippen LogP contribution >= 0.6 is 0 Å². The molecule has 1 unspecified atom stereocenters. The summed E-state index contributed by atoms with van der Waals surface area (Å²) in [5.74, 6) is 1.73. The van der Waals surface area contributed by atoms with Crippen LogP contribution < -0.4 is 15.4 Å². The molecule has 168 valence electrons. The predicted molar refractivity (Wildman–Crippen MR) is 119 cm³/mol. The van der Waals surface area contributed by atoms with E-state index < -0.39 is 5.97 Å². The van der Waals surface area contributed by atoms with E-state index in [1.807, 2.05) is 25.1 Å². The van der Waals surface area contributed by atoms with Crippen LogP contribution in [0.5, 0.6) is 5.75 Å². The van der Waals surface area contributed by atoms with Crippen molar-refractivity contribution in [1.82, 2.24) is 15.5 Å². The van der Waals surface area contributed by atoms with Crippen LogP contribution in [-0.4, -0.2) is 57.2 Å². The highest BCUT2D eigenvalue weighted by atomic mass is 16.5. The van der Waals surface area contributed by atoms with Gasteiger partial charge in [-0.1, -0.05) is 6.07 Å². The monoisotopic (exact) mass is 428 g/mol. The molecule has 1 atom stereocenters. The molecular formula is C23H32N4O4. The summed E-state index contributed by atoms with van der Waals surface area (Å²) in [5.41, 5.74) is 1.28. The van der Waals surface area contributed by atoms with Crippen LogP contribution in [0.4, 0.5) is 0 Å². The van der Waals surface area contributed by atoms with Gasteiger partial charge in [-0.25, -0.2) is 9.79 Å². The van der Waals surface area contributed by atoms with Crippen molar-refractivity contribution in [2.75, 3.05) is 40.4 Å². The summed E-state index contributed by atoms with van der Waals surface area (Å²) in [6.45, 7) is 6.03. The second kappa shape index (κ2) is 11.4. The summed E-state index contributed by atoms with van der Waals surface area (Å²) in [6.07, 6.45) is 4.15. The highest BCUT2D eigenvalue weighted by Crippen LogP contribution is 2.25. The lowest BCUT2D eigenvalue weighted by atomic mass is 10.1. The Balaban J connectivity index is 1.70. The number of hydrogen-bond donors (Lipinski definition) is 2. The fourth-order valence-electron chi connectivity index (χ4n) is 3.77. The number of nitrogens with zero attached hydrogens (tertiary/aromatic N) is 2. The number of esters is 1. The zero-order valence-corrected chi connectivity index (χ0v) is 18.5. The summed E-state index contributed by atoms with van der Waals surface area (Å²) >= 11 is 0. The van der Waals surface area contributed by atoms with Crippen molar-refractivity contribution in [2.24, 2.45) is 4.99 Å². The van der Waals surface area contributed by atoms with E-state index in [4.69, 9.17) is 18.9 Å². The van der Waals surface area contributed by atoms with Crippen LogP contribution in [0.15, 0.2) is 46.0 Å². The SMILES string of the molecule is CCNC(=NCc1ccc(OC)c(C(=O)OC)c1)NCC(c1ccco1)N1CCCC1. The Hall–Kier alpha value is -3.00. The van der Waals surface area contributed by atoms with Gasteiger partial charge in [0.2, 0.25) is 0 Å². The third-order valence-electron chi connectivity index (χ3n) is 5.35. The van der Waals surface area contributed by atoms with Crippen LogP contribution in [0.3, 0.4) is 0 Å². The van der Waals surface area contributed by atoms with Crippen molar-refractivity contribution >= 4 is 11.9 Å². The van der Waals surface area contributed by atoms with Crippen molar-refractivity contribution in [3.8, 4) is 5.75 Å². The zero-order chi connectivity index (χ0) is 22.1. The first kappa shape index (κ1) is 22.7. The van der Waals surface area contributed by atoms with Gasteiger partial charge in [0, 0.05) is 13.1 Å². The van der Waals surface area contributed by atoms with Crippen LogP contribution in [0.25, 0.3) is 0 Å². The number of hydrogen-bond acceptors (Lipinski definition) is 6. The third-order valence-corrected chi connectivity index (χ3v) is 5.35. The minimum atomic E-state index is -0.431. The normalized spacial score (nSPS) is 15.5. The molecule has 3 rings (SSSR count). The molecular weight excluding hydrogens is 396 g/mol. The maximum absolute atomic E-state index is 12.0. The molecule has 0 radical (unpaired) electrons. The summed E-state index contributed by atoms with van der Waals surface area (Å²) in [7, 11) is 2.89. The van der Waals surface area contributed by atoms with E-state index in [2.05, 4.69) is 15.5 Å². The van der Waals surface area contributed by atoms with Gasteiger partial charge in [0.05, 0.1) is 33.1 Å². The lowest BCUT2D eigenvalue weighted by molar-refractivity contribution is 0.0597. The second-order valence-electron chi connectivity index (χ2n) is 7.38. The van der Waals surface area contributed by atoms with Crippen molar-refractivity contribution in [3.05, 3.63) is 53.5 Å². The summed E-state index contributed by atoms with van der Waals surface area (Å²) in [5, 5.41) is 6.74. The Bertz CT molecular complexity index is 860. The molecule has 1 saturated heterocycles. The molecule has 2 aromatic rings. The van der Waals surface area contributed by atoms with E-state index in [0.717, 1.165) is 31.0 Å². The maximum Gasteiger partial charge on any atom is 0.341 e. The van der Waals surface area contributed by atoms with Gasteiger partial charge in [-0.3, -0.25) is 4.90 Å². The first-order valence-electron chi connectivity index (χ1n) is 10.7. The molecule has 0 amide bonds. The van der Waals surface area contributed by atoms with Crippen LogP contribution in [0, 0.1) is 0 Å². The van der Waals surface area contributed by atoms with E-state index in [1.54, 1.807) is 18.4 Å². The number of furan rings is 1. The predicted octanol–water partition coefficient (Wildman–Crippen LogP) is 2.97. The number of nitrogens with one attached hydrogen (secondary N) is 2. The number of methoxy groups -OCH3 is 2. The molecule has 1 aromatic heterocycles. The van der Waals surface area contributed by atoms with Crippen LogP contribution in [0.2, 0.25) is 0 Å². The van der Waals surface area contributed by atoms with Crippen molar-refractivity contribution in [3.63, 3.8) is 0 Å². The molecule has 0 saturated carbocycles. The fourth-order valence-corrected chi connectivity index (χ4v) is 3.77. The van der Waals surface area contributed by atoms with E-state index in [0.29, 0.717) is 30.4 Å². The number of benzene rings is 1. The minimum absolute atomic E-state index is 0.160. The lowest BCUT2D eigenvalue weighted by Gasteiger charge is -2.26. The van der Waals surface area contributed by atoms with Crippen LogP contribution in [0.1, 0.15) is 47.5 Å². The quantitative estimate of drug-likeness (QED) is 0.361. The molecule has 2 heterocycles. The summed E-state index contributed by atoms with van der Waals surface area (Å²) < 4.78 is 15.8. The van der Waals surface area contributed by atoms with Gasteiger partial charge in [0.25, 0.3) is 0 Å². The number of rotatable bonds is 9. The number of ether oxygens (including phenoxy) is 2. The highest BCUT2D eigenvalue weighted by molar-refractivity contribution is 5.92. The van der Waals surface area contributed by atoms with Crippen molar-refractivity contribution in [2.45, 2.75) is 32.4 Å². The van der Waals surface area contributed by atoms with Gasteiger partial charge in [0.1, 0.15) is 17.1 Å². The minimum Gasteiger partial charge on any atom is -0.496 e. The van der Waals surface area contributed by atoms with Gasteiger partial charge in [-0.2, -0.15) is 0 Å². The van der Waals surface area contributed by atoms with E-state index in [1.165, 1.54) is 27.1 Å². The topological polar surface area (TPSA) is 88.3 Å². The molecule has 1 aromatic carbocycles. The number of likely N-dealkylation sites (tertiary alicyclic amines) is 1. The van der Waals surface area contributed by atoms with Gasteiger partial charge >= 0.3 is 5.97 Å². The number of guanidine groups is 1. The lowest BCUT2D eigenvalue weighted by Crippen LogP contribution is -2.42. The van der Waals surface area contributed by atoms with Crippen molar-refractivity contribution < 1.29 is 18.7 Å². The summed E-state index contributed by atoms with van der Waals surface area (Å²) in [6, 6.07) is 9.54. The number of aliphatic imine (C=N–C) groups is 1. The third kappa shape index (κ3) is 6.01. The van der Waals surface area contributed by atoms with E-state index >= 15 is 0 Å². The molecule has 0 spiro atoms. The highest BCUT2D eigenvalue weighted by Gasteiger charge is 2.25. The van der Waals surface area contributed by atoms with E-state index in [9.17, 15) is 4.79 Å². The standard InChI is InChI=1S/C23H32N4O4/c1-4-24-23(25-15-17-9-10-20(29-2)18(14-17)22(28)30-3)26-16-19(21-8-7-13-31-21)27-11-5-6-12-27/h7-10,13-14,19H,4-6,11-12,15-16H2,1-3H3,(H2,24,25,26). The Labute approximate surface area is 183 Å². The Morgan fingerprint density at radius 3 is 2.68 bits per heavy atom. The number of carbonyl (C=O) groups excluding carboxylic acids is 1. The first-order valence-corrected chi connectivity index (χ1v) is 10.7.